The van der Waals surface area contributed by atoms with Crippen molar-refractivity contribution in [3.8, 4) is 0 Å². The van der Waals surface area contributed by atoms with Gasteiger partial charge in [-0.1, -0.05) is 29.8 Å². The Hall–Kier alpha value is -0.690. The molecule has 2 heteroatoms. The van der Waals surface area contributed by atoms with Crippen molar-refractivity contribution in [2.24, 2.45) is 0 Å². The van der Waals surface area contributed by atoms with Gasteiger partial charge in [0, 0.05) is 5.69 Å². The highest BCUT2D eigenvalue weighted by Gasteiger charge is 1.83. The molecule has 0 unspecified atom stereocenters. The molecule has 0 bridgehead atoms. The highest BCUT2D eigenvalue weighted by Crippen LogP contribution is 2.05. The molecular formula is C7H7ClN. The van der Waals surface area contributed by atoms with Crippen LogP contribution in [-0.4, -0.2) is 0 Å². The smallest absolute Gasteiger partial charge is 0.136 e. The first-order valence-corrected chi connectivity index (χ1v) is 3.10. The van der Waals surface area contributed by atoms with Gasteiger partial charge in [-0.3, -0.25) is 0 Å². The summed E-state index contributed by atoms with van der Waals surface area (Å²) in [4.78, 5) is 0. The predicted octanol–water partition coefficient (Wildman–Crippen LogP) is 2.46. The maximum atomic E-state index is 5.30. The summed E-state index contributed by atoms with van der Waals surface area (Å²) in [6.07, 6.45) is 0. The van der Waals surface area contributed by atoms with Gasteiger partial charge in [-0.05, 0) is 12.1 Å². The van der Waals surface area contributed by atoms with Crippen molar-refractivity contribution in [2.75, 3.05) is 5.32 Å². The van der Waals surface area contributed by atoms with Gasteiger partial charge in [-0.2, -0.15) is 0 Å². The Balaban J connectivity index is 2.61. The van der Waals surface area contributed by atoms with Gasteiger partial charge >= 0.3 is 0 Å². The van der Waals surface area contributed by atoms with Crippen LogP contribution in [0.4, 0.5) is 5.69 Å². The van der Waals surface area contributed by atoms with E-state index in [2.05, 4.69) is 5.32 Å². The van der Waals surface area contributed by atoms with E-state index in [0.29, 0.717) is 0 Å². The minimum Gasteiger partial charge on any atom is -0.367 e. The van der Waals surface area contributed by atoms with Crippen molar-refractivity contribution < 1.29 is 0 Å². The Morgan fingerprint density at radius 3 is 2.44 bits per heavy atom. The van der Waals surface area contributed by atoms with Crippen molar-refractivity contribution in [1.82, 2.24) is 0 Å². The molecule has 0 atom stereocenters. The lowest BCUT2D eigenvalue weighted by atomic mass is 10.3. The summed E-state index contributed by atoms with van der Waals surface area (Å²) in [5.41, 5.74) is 1.01. The van der Waals surface area contributed by atoms with E-state index in [1.807, 2.05) is 30.3 Å². The highest BCUT2D eigenvalue weighted by atomic mass is 35.5. The topological polar surface area (TPSA) is 12.0 Å². The molecule has 47 valence electrons. The van der Waals surface area contributed by atoms with Gasteiger partial charge in [0.2, 0.25) is 0 Å². The minimum atomic E-state index is 1.01. The third kappa shape index (κ3) is 1.94. The van der Waals surface area contributed by atoms with Crippen LogP contribution in [0, 0.1) is 6.00 Å². The van der Waals surface area contributed by atoms with Gasteiger partial charge in [0.25, 0.3) is 0 Å². The number of halogens is 1. The lowest BCUT2D eigenvalue weighted by molar-refractivity contribution is 1.56. The number of hydrogen-bond acceptors (Lipinski definition) is 1. The number of rotatable bonds is 2. The molecule has 0 heterocycles. The molecule has 0 fully saturated rings. The summed E-state index contributed by atoms with van der Waals surface area (Å²) in [6.45, 7) is 0. The first kappa shape index (κ1) is 6.43. The van der Waals surface area contributed by atoms with Crippen LogP contribution >= 0.6 is 11.6 Å². The van der Waals surface area contributed by atoms with Crippen LogP contribution in [0.25, 0.3) is 0 Å². The van der Waals surface area contributed by atoms with Crippen molar-refractivity contribution in [3.63, 3.8) is 0 Å². The summed E-state index contributed by atoms with van der Waals surface area (Å²) in [5, 5.41) is 2.85. The fourth-order valence-corrected chi connectivity index (χ4v) is 0.723. The molecule has 0 amide bonds. The fourth-order valence-electron chi connectivity index (χ4n) is 0.597. The number of hydrogen-bond donors (Lipinski definition) is 1. The van der Waals surface area contributed by atoms with E-state index < -0.39 is 0 Å². The average molecular weight is 141 g/mol. The second-order valence-corrected chi connectivity index (χ2v) is 1.84. The Kier molecular flexibility index (Phi) is 2.40. The summed E-state index contributed by atoms with van der Waals surface area (Å²) >= 11 is 5.30. The number of anilines is 1. The quantitative estimate of drug-likeness (QED) is 0.623. The molecule has 0 aliphatic rings. The van der Waals surface area contributed by atoms with Gasteiger partial charge in [-0.15, -0.1) is 0 Å². The Morgan fingerprint density at radius 1 is 1.22 bits per heavy atom. The SMILES string of the molecule is Cl[CH]Nc1ccccc1. The second kappa shape index (κ2) is 3.36. The summed E-state index contributed by atoms with van der Waals surface area (Å²) in [6, 6.07) is 11.1. The normalized spacial score (nSPS) is 9.00. The standard InChI is InChI=1S/C7H7ClN/c8-6-9-7-4-2-1-3-5-7/h1-6,9H. The van der Waals surface area contributed by atoms with Crippen LogP contribution in [0.5, 0.6) is 0 Å². The van der Waals surface area contributed by atoms with Crippen LogP contribution in [0.3, 0.4) is 0 Å². The molecule has 9 heavy (non-hydrogen) atoms. The number of benzene rings is 1. The summed E-state index contributed by atoms with van der Waals surface area (Å²) in [7, 11) is 0. The maximum absolute atomic E-state index is 5.30. The van der Waals surface area contributed by atoms with Crippen LogP contribution in [-0.2, 0) is 0 Å². The van der Waals surface area contributed by atoms with Crippen LogP contribution in [0.15, 0.2) is 30.3 Å². The van der Waals surface area contributed by atoms with Crippen LogP contribution in [0.2, 0.25) is 0 Å². The molecule has 0 aliphatic carbocycles. The molecule has 0 aliphatic heterocycles. The average Bonchev–Trinajstić information content (AvgIpc) is 1.91. The predicted molar refractivity (Wildman–Crippen MR) is 40.2 cm³/mol. The van der Waals surface area contributed by atoms with E-state index in [1.165, 1.54) is 6.00 Å². The molecule has 0 aromatic heterocycles. The first-order chi connectivity index (χ1) is 4.43. The lowest BCUT2D eigenvalue weighted by Gasteiger charge is -1.97. The molecule has 1 aromatic carbocycles. The second-order valence-electron chi connectivity index (χ2n) is 1.62. The molecule has 0 spiro atoms. The van der Waals surface area contributed by atoms with Crippen molar-refractivity contribution in [2.45, 2.75) is 0 Å². The molecule has 1 radical (unpaired) electrons. The highest BCUT2D eigenvalue weighted by molar-refractivity contribution is 6.24. The van der Waals surface area contributed by atoms with Gasteiger partial charge < -0.3 is 5.32 Å². The third-order valence-electron chi connectivity index (χ3n) is 0.995. The number of nitrogens with one attached hydrogen (secondary N) is 1. The number of para-hydroxylation sites is 1. The van der Waals surface area contributed by atoms with Gasteiger partial charge in [-0.25, -0.2) is 0 Å². The molecule has 1 aromatic rings. The van der Waals surface area contributed by atoms with Crippen LogP contribution < -0.4 is 5.32 Å². The molecule has 1 rings (SSSR count). The zero-order valence-corrected chi connectivity index (χ0v) is 5.60. The van der Waals surface area contributed by atoms with Gasteiger partial charge in [0.1, 0.15) is 6.00 Å². The molecular weight excluding hydrogens is 134 g/mol. The zero-order chi connectivity index (χ0) is 6.53. The van der Waals surface area contributed by atoms with Crippen molar-refractivity contribution in [1.29, 1.82) is 0 Å². The summed E-state index contributed by atoms with van der Waals surface area (Å²) in [5.74, 6) is 0. The maximum Gasteiger partial charge on any atom is 0.136 e. The first-order valence-electron chi connectivity index (χ1n) is 2.67. The van der Waals surface area contributed by atoms with Crippen molar-refractivity contribution in [3.05, 3.63) is 36.3 Å². The van der Waals surface area contributed by atoms with Crippen molar-refractivity contribution >= 4 is 17.3 Å². The van der Waals surface area contributed by atoms with E-state index in [-0.39, 0.29) is 0 Å². The van der Waals surface area contributed by atoms with Crippen LogP contribution in [0.1, 0.15) is 0 Å². The van der Waals surface area contributed by atoms with E-state index in [4.69, 9.17) is 11.6 Å². The fraction of sp³-hybridized carbons (Fsp3) is 0. The zero-order valence-electron chi connectivity index (χ0n) is 4.84. The van der Waals surface area contributed by atoms with E-state index >= 15 is 0 Å². The molecule has 1 nitrogen and oxygen atoms in total. The monoisotopic (exact) mass is 140 g/mol. The molecule has 0 saturated carbocycles. The van der Waals surface area contributed by atoms with Gasteiger partial charge in [0.15, 0.2) is 0 Å². The molecule has 0 saturated heterocycles. The molecule has 1 N–H and O–H groups in total. The largest absolute Gasteiger partial charge is 0.367 e. The third-order valence-corrected chi connectivity index (χ3v) is 1.10. The van der Waals surface area contributed by atoms with E-state index in [9.17, 15) is 0 Å². The van der Waals surface area contributed by atoms with Gasteiger partial charge in [0.05, 0.1) is 0 Å². The lowest BCUT2D eigenvalue weighted by Crippen LogP contribution is -1.86. The van der Waals surface area contributed by atoms with E-state index in [1.54, 1.807) is 0 Å². The Morgan fingerprint density at radius 2 is 1.89 bits per heavy atom. The van der Waals surface area contributed by atoms with E-state index in [0.717, 1.165) is 5.69 Å². The Labute approximate surface area is 59.6 Å². The Bertz CT molecular complexity index is 162. The minimum absolute atomic E-state index is 1.01. The summed E-state index contributed by atoms with van der Waals surface area (Å²) < 4.78 is 0.